The highest BCUT2D eigenvalue weighted by Crippen LogP contribution is 2.03. The van der Waals surface area contributed by atoms with E-state index in [9.17, 15) is 0 Å². The lowest BCUT2D eigenvalue weighted by Crippen LogP contribution is -2.20. The van der Waals surface area contributed by atoms with Gasteiger partial charge in [-0.05, 0) is 26.8 Å². The van der Waals surface area contributed by atoms with Crippen LogP contribution in [0.15, 0.2) is 36.6 Å². The second kappa shape index (κ2) is 10.1. The Morgan fingerprint density at radius 2 is 1.50 bits per heavy atom. The Balaban J connectivity index is 0. The summed E-state index contributed by atoms with van der Waals surface area (Å²) in [5, 5.41) is 0. The van der Waals surface area contributed by atoms with Gasteiger partial charge in [0.15, 0.2) is 0 Å². The van der Waals surface area contributed by atoms with Crippen LogP contribution in [0.3, 0.4) is 0 Å². The van der Waals surface area contributed by atoms with Gasteiger partial charge in [0.05, 0.1) is 0 Å². The lowest BCUT2D eigenvalue weighted by atomic mass is 10.3. The van der Waals surface area contributed by atoms with Crippen molar-refractivity contribution in [3.8, 4) is 0 Å². The van der Waals surface area contributed by atoms with E-state index in [1.54, 1.807) is 0 Å². The molecule has 0 N–H and O–H groups in total. The van der Waals surface area contributed by atoms with Gasteiger partial charge in [-0.3, -0.25) is 0 Å². The second-order valence-electron chi connectivity index (χ2n) is 2.84. The molecule has 0 amide bonds. The van der Waals surface area contributed by atoms with Crippen molar-refractivity contribution in [1.29, 1.82) is 0 Å². The van der Waals surface area contributed by atoms with Crippen molar-refractivity contribution in [2.24, 2.45) is 0 Å². The van der Waals surface area contributed by atoms with Gasteiger partial charge in [0, 0.05) is 18.8 Å². The average Bonchev–Trinajstić information content (AvgIpc) is 2.19. The van der Waals surface area contributed by atoms with Crippen LogP contribution in [0, 0.1) is 0 Å². The highest BCUT2D eigenvalue weighted by molar-refractivity contribution is 5.22. The van der Waals surface area contributed by atoms with Crippen molar-refractivity contribution in [3.05, 3.63) is 36.6 Å². The zero-order chi connectivity index (χ0) is 11.6. The number of hydrogen-bond acceptors (Lipinski definition) is 1. The predicted molar refractivity (Wildman–Crippen MR) is 67.4 cm³/mol. The highest BCUT2D eigenvalue weighted by atomic mass is 15.1. The van der Waals surface area contributed by atoms with Crippen molar-refractivity contribution >= 4 is 0 Å². The number of allylic oxidation sites excluding steroid dienone is 3. The van der Waals surface area contributed by atoms with E-state index in [1.165, 1.54) is 0 Å². The highest BCUT2D eigenvalue weighted by Gasteiger charge is 1.96. The molecule has 0 heterocycles. The first kappa shape index (κ1) is 15.5. The molecule has 0 radical (unpaired) electrons. The Kier molecular flexibility index (Phi) is 11.2. The standard InChI is InChI=1S/C11H19N.C2H6/c1-6-12(7-2)11(5)9-8-10(3)4;1-2/h8-9H,3,5-7H2,1-2,4H3;1-2H3/b9-8-;. The lowest BCUT2D eigenvalue weighted by molar-refractivity contribution is 0.396. The third-order valence-corrected chi connectivity index (χ3v) is 1.73. The molecule has 0 aliphatic carbocycles. The Bertz CT molecular complexity index is 185. The van der Waals surface area contributed by atoms with Crippen molar-refractivity contribution in [2.45, 2.75) is 34.6 Å². The van der Waals surface area contributed by atoms with Gasteiger partial charge in [0.2, 0.25) is 0 Å². The van der Waals surface area contributed by atoms with E-state index in [0.29, 0.717) is 0 Å². The van der Waals surface area contributed by atoms with Crippen LogP contribution < -0.4 is 0 Å². The molecule has 0 bridgehead atoms. The van der Waals surface area contributed by atoms with Crippen LogP contribution in [0.5, 0.6) is 0 Å². The van der Waals surface area contributed by atoms with Crippen molar-refractivity contribution in [3.63, 3.8) is 0 Å². The third kappa shape index (κ3) is 7.66. The quantitative estimate of drug-likeness (QED) is 0.599. The Morgan fingerprint density at radius 1 is 1.07 bits per heavy atom. The molecule has 14 heavy (non-hydrogen) atoms. The number of hydrogen-bond donors (Lipinski definition) is 0. The van der Waals surface area contributed by atoms with E-state index in [-0.39, 0.29) is 0 Å². The molecule has 0 aromatic rings. The van der Waals surface area contributed by atoms with Crippen molar-refractivity contribution in [2.75, 3.05) is 13.1 Å². The lowest BCUT2D eigenvalue weighted by Gasteiger charge is -2.20. The van der Waals surface area contributed by atoms with Crippen LogP contribution in [0.1, 0.15) is 34.6 Å². The van der Waals surface area contributed by atoms with E-state index in [4.69, 9.17) is 0 Å². The predicted octanol–water partition coefficient (Wildman–Crippen LogP) is 4.00. The summed E-state index contributed by atoms with van der Waals surface area (Å²) in [6.45, 7) is 20.0. The molecule has 1 nitrogen and oxygen atoms in total. The van der Waals surface area contributed by atoms with E-state index >= 15 is 0 Å². The van der Waals surface area contributed by atoms with Crippen LogP contribution in [-0.2, 0) is 0 Å². The maximum absolute atomic E-state index is 3.97. The Hall–Kier alpha value is -0.980. The molecule has 0 aromatic heterocycles. The third-order valence-electron chi connectivity index (χ3n) is 1.73. The molecule has 0 spiro atoms. The first-order valence-electron chi connectivity index (χ1n) is 5.39. The average molecular weight is 195 g/mol. The smallest absolute Gasteiger partial charge is 0.0293 e. The molecule has 82 valence electrons. The largest absolute Gasteiger partial charge is 0.373 e. The summed E-state index contributed by atoms with van der Waals surface area (Å²) in [7, 11) is 0. The van der Waals surface area contributed by atoms with Crippen LogP contribution in [0.2, 0.25) is 0 Å². The minimum absolute atomic E-state index is 1.01. The number of nitrogens with zero attached hydrogens (tertiary/aromatic N) is 1. The fourth-order valence-corrected chi connectivity index (χ4v) is 0.974. The molecule has 0 aliphatic rings. The van der Waals surface area contributed by atoms with Gasteiger partial charge in [-0.25, -0.2) is 0 Å². The summed E-state index contributed by atoms with van der Waals surface area (Å²) in [5.74, 6) is 0. The maximum Gasteiger partial charge on any atom is 0.0293 e. The summed E-state index contributed by atoms with van der Waals surface area (Å²) in [6.07, 6.45) is 4.00. The Morgan fingerprint density at radius 3 is 1.79 bits per heavy atom. The van der Waals surface area contributed by atoms with Gasteiger partial charge < -0.3 is 4.90 Å². The van der Waals surface area contributed by atoms with E-state index in [1.807, 2.05) is 32.9 Å². The molecule has 1 heteroatoms. The van der Waals surface area contributed by atoms with Gasteiger partial charge in [0.1, 0.15) is 0 Å². The summed E-state index contributed by atoms with van der Waals surface area (Å²) in [6, 6.07) is 0. The molecule has 0 saturated carbocycles. The fourth-order valence-electron chi connectivity index (χ4n) is 0.974. The van der Waals surface area contributed by atoms with Crippen LogP contribution >= 0.6 is 0 Å². The summed E-state index contributed by atoms with van der Waals surface area (Å²) in [5.41, 5.74) is 2.12. The van der Waals surface area contributed by atoms with E-state index in [0.717, 1.165) is 24.4 Å². The van der Waals surface area contributed by atoms with Crippen molar-refractivity contribution in [1.82, 2.24) is 4.90 Å². The summed E-state index contributed by atoms with van der Waals surface area (Å²) in [4.78, 5) is 2.21. The minimum Gasteiger partial charge on any atom is -0.373 e. The van der Waals surface area contributed by atoms with Gasteiger partial charge in [-0.2, -0.15) is 0 Å². The first-order valence-corrected chi connectivity index (χ1v) is 5.39. The van der Waals surface area contributed by atoms with Crippen LogP contribution in [0.4, 0.5) is 0 Å². The molecule has 0 aliphatic heterocycles. The molecular formula is C13H25N. The van der Waals surface area contributed by atoms with Gasteiger partial charge in [0.25, 0.3) is 0 Å². The molecule has 0 saturated heterocycles. The zero-order valence-electron chi connectivity index (χ0n) is 10.4. The topological polar surface area (TPSA) is 3.24 Å². The monoisotopic (exact) mass is 195 g/mol. The molecule has 0 rings (SSSR count). The van der Waals surface area contributed by atoms with Crippen LogP contribution in [-0.4, -0.2) is 18.0 Å². The summed E-state index contributed by atoms with van der Waals surface area (Å²) >= 11 is 0. The normalized spacial score (nSPS) is 9.21. The molecular weight excluding hydrogens is 170 g/mol. The van der Waals surface area contributed by atoms with Gasteiger partial charge in [-0.15, -0.1) is 0 Å². The Labute approximate surface area is 89.8 Å². The van der Waals surface area contributed by atoms with Crippen molar-refractivity contribution < 1.29 is 0 Å². The van der Waals surface area contributed by atoms with E-state index < -0.39 is 0 Å². The fraction of sp³-hybridized carbons (Fsp3) is 0.538. The maximum atomic E-state index is 3.97. The second-order valence-corrected chi connectivity index (χ2v) is 2.84. The molecule has 0 atom stereocenters. The zero-order valence-corrected chi connectivity index (χ0v) is 10.4. The van der Waals surface area contributed by atoms with Gasteiger partial charge >= 0.3 is 0 Å². The SMILES string of the molecule is C=C(C)/C=C\C(=C)N(CC)CC.CC. The summed E-state index contributed by atoms with van der Waals surface area (Å²) < 4.78 is 0. The van der Waals surface area contributed by atoms with Crippen LogP contribution in [0.25, 0.3) is 0 Å². The first-order chi connectivity index (χ1) is 6.61. The van der Waals surface area contributed by atoms with Gasteiger partial charge in [-0.1, -0.05) is 38.7 Å². The number of likely N-dealkylation sites (N-methyl/N-ethyl adjacent to an activating group) is 1. The molecule has 0 fully saturated rings. The van der Waals surface area contributed by atoms with E-state index in [2.05, 4.69) is 31.9 Å². The number of rotatable bonds is 5. The molecule has 0 unspecified atom stereocenters. The minimum atomic E-state index is 1.01. The molecule has 0 aromatic carbocycles.